The molecule has 2 aromatic carbocycles. The zero-order chi connectivity index (χ0) is 20.2. The molecule has 0 saturated heterocycles. The van der Waals surface area contributed by atoms with Crippen molar-refractivity contribution in [1.29, 1.82) is 0 Å². The molecule has 0 aliphatic heterocycles. The summed E-state index contributed by atoms with van der Waals surface area (Å²) in [7, 11) is 0. The highest BCUT2D eigenvalue weighted by atomic mass is 32.2. The maximum absolute atomic E-state index is 12.5. The van der Waals surface area contributed by atoms with E-state index in [0.29, 0.717) is 11.3 Å². The van der Waals surface area contributed by atoms with Gasteiger partial charge in [-0.15, -0.1) is 23.1 Å². The van der Waals surface area contributed by atoms with Crippen molar-refractivity contribution in [2.45, 2.75) is 30.4 Å². The molecule has 3 aromatic rings. The average molecular weight is 424 g/mol. The molecule has 0 atom stereocenters. The molecule has 0 radical (unpaired) electrons. The quantitative estimate of drug-likeness (QED) is 0.503. The summed E-state index contributed by atoms with van der Waals surface area (Å²) in [5.74, 6) is 0.900. The minimum Gasteiger partial charge on any atom is -0.326 e. The van der Waals surface area contributed by atoms with Crippen molar-refractivity contribution in [2.75, 3.05) is 10.6 Å². The number of rotatable bonds is 7. The fourth-order valence-electron chi connectivity index (χ4n) is 2.76. The smallest absolute Gasteiger partial charge is 0.255 e. The second-order valence-corrected chi connectivity index (χ2v) is 9.08. The topological polar surface area (TPSA) is 71.1 Å². The van der Waals surface area contributed by atoms with E-state index < -0.39 is 0 Å². The maximum Gasteiger partial charge on any atom is 0.255 e. The highest BCUT2D eigenvalue weighted by Gasteiger charge is 2.29. The van der Waals surface area contributed by atoms with Gasteiger partial charge in [0.15, 0.2) is 0 Å². The molecule has 0 unspecified atom stereocenters. The van der Waals surface area contributed by atoms with Crippen molar-refractivity contribution in [3.8, 4) is 0 Å². The molecule has 1 fully saturated rings. The number of hydrogen-bond acceptors (Lipinski definition) is 5. The number of anilines is 2. The molecule has 148 valence electrons. The third kappa shape index (κ3) is 5.46. The summed E-state index contributed by atoms with van der Waals surface area (Å²) in [6.07, 6.45) is 1.95. The summed E-state index contributed by atoms with van der Waals surface area (Å²) in [4.78, 5) is 29.8. The Hall–Kier alpha value is -2.64. The van der Waals surface area contributed by atoms with Crippen LogP contribution < -0.4 is 10.6 Å². The van der Waals surface area contributed by atoms with Gasteiger partial charge in [-0.25, -0.2) is 4.98 Å². The fraction of sp³-hybridized carbons (Fsp3) is 0.227. The zero-order valence-electron chi connectivity index (χ0n) is 16.0. The Balaban J connectivity index is 1.30. The predicted molar refractivity (Wildman–Crippen MR) is 119 cm³/mol. The molecule has 2 N–H and O–H groups in total. The van der Waals surface area contributed by atoms with Crippen molar-refractivity contribution in [1.82, 2.24) is 4.98 Å². The lowest BCUT2D eigenvalue weighted by molar-refractivity contribution is -0.117. The first-order chi connectivity index (χ1) is 14.1. The third-order valence-electron chi connectivity index (χ3n) is 4.53. The molecule has 29 heavy (non-hydrogen) atoms. The van der Waals surface area contributed by atoms with E-state index in [2.05, 4.69) is 21.0 Å². The molecule has 1 aromatic heterocycles. The van der Waals surface area contributed by atoms with E-state index in [1.165, 1.54) is 0 Å². The number of thiazole rings is 1. The van der Waals surface area contributed by atoms with Crippen molar-refractivity contribution < 1.29 is 9.59 Å². The van der Waals surface area contributed by atoms with E-state index in [1.807, 2.05) is 31.2 Å². The van der Waals surface area contributed by atoms with Crippen molar-refractivity contribution in [2.24, 2.45) is 5.92 Å². The van der Waals surface area contributed by atoms with E-state index in [-0.39, 0.29) is 17.7 Å². The molecule has 1 aliphatic carbocycles. The molecule has 1 saturated carbocycles. The average Bonchev–Trinajstić information content (AvgIpc) is 3.50. The molecule has 1 heterocycles. The Bertz CT molecular complexity index is 1010. The second kappa shape index (κ2) is 8.80. The summed E-state index contributed by atoms with van der Waals surface area (Å²) in [5, 5.41) is 8.93. The lowest BCUT2D eigenvalue weighted by atomic mass is 10.2. The molecule has 7 heteroatoms. The normalized spacial score (nSPS) is 13.1. The first kappa shape index (κ1) is 19.7. The van der Waals surface area contributed by atoms with Crippen molar-refractivity contribution in [3.63, 3.8) is 0 Å². The number of hydrogen-bond donors (Lipinski definition) is 2. The van der Waals surface area contributed by atoms with Crippen LogP contribution >= 0.6 is 23.1 Å². The predicted octanol–water partition coefficient (Wildman–Crippen LogP) is 5.34. The van der Waals surface area contributed by atoms with Crippen LogP contribution in [-0.2, 0) is 10.5 Å². The van der Waals surface area contributed by atoms with Crippen molar-refractivity contribution in [3.05, 3.63) is 70.2 Å². The Kier molecular flexibility index (Phi) is 5.97. The van der Waals surface area contributed by atoms with Gasteiger partial charge in [-0.1, -0.05) is 0 Å². The molecule has 2 amide bonds. The Morgan fingerprint density at radius 3 is 2.28 bits per heavy atom. The Morgan fingerprint density at radius 1 is 1.03 bits per heavy atom. The number of carbonyl (C=O) groups is 2. The van der Waals surface area contributed by atoms with Crippen LogP contribution in [0.5, 0.6) is 0 Å². The van der Waals surface area contributed by atoms with Gasteiger partial charge in [0.1, 0.15) is 0 Å². The molecule has 4 rings (SSSR count). The molecule has 5 nitrogen and oxygen atoms in total. The van der Waals surface area contributed by atoms with Gasteiger partial charge >= 0.3 is 0 Å². The number of thioether (sulfide) groups is 1. The van der Waals surface area contributed by atoms with Crippen LogP contribution in [0.2, 0.25) is 0 Å². The number of benzene rings is 2. The molecular formula is C22H21N3O2S2. The lowest BCUT2D eigenvalue weighted by Gasteiger charge is -2.08. The summed E-state index contributed by atoms with van der Waals surface area (Å²) < 4.78 is 0. The van der Waals surface area contributed by atoms with Gasteiger partial charge in [-0.05, 0) is 68.3 Å². The summed E-state index contributed by atoms with van der Waals surface area (Å²) in [5.41, 5.74) is 3.12. The molecule has 1 aliphatic rings. The Morgan fingerprint density at radius 2 is 1.69 bits per heavy atom. The number of aromatic nitrogens is 1. The number of nitrogens with zero attached hydrogens (tertiary/aromatic N) is 1. The second-order valence-electron chi connectivity index (χ2n) is 6.97. The highest BCUT2D eigenvalue weighted by Crippen LogP contribution is 2.30. The third-order valence-corrected chi connectivity index (χ3v) is 6.40. The first-order valence-corrected chi connectivity index (χ1v) is 11.3. The van der Waals surface area contributed by atoms with Gasteiger partial charge in [0.2, 0.25) is 5.91 Å². The maximum atomic E-state index is 12.5. The SMILES string of the molecule is Cc1nc(CSc2ccc(C(=O)Nc3ccc(NC(=O)C4CC4)cc3)cc2)cs1. The van der Waals surface area contributed by atoms with E-state index in [0.717, 1.165) is 39.9 Å². The number of carbonyl (C=O) groups excluding carboxylic acids is 2. The standard InChI is InChI=1S/C22H21N3O2S2/c1-14-23-19(12-28-14)13-29-20-10-4-16(5-11-20)22(27)25-18-8-6-17(7-9-18)24-21(26)15-2-3-15/h4-12,15H,2-3,13H2,1H3,(H,24,26)(H,25,27). The van der Waals surface area contributed by atoms with E-state index in [1.54, 1.807) is 47.4 Å². The van der Waals surface area contributed by atoms with Gasteiger partial charge in [0, 0.05) is 38.9 Å². The first-order valence-electron chi connectivity index (χ1n) is 9.43. The van der Waals surface area contributed by atoms with E-state index >= 15 is 0 Å². The highest BCUT2D eigenvalue weighted by molar-refractivity contribution is 7.98. The minimum atomic E-state index is -0.161. The van der Waals surface area contributed by atoms with Crippen LogP contribution in [0.3, 0.4) is 0 Å². The number of nitrogens with one attached hydrogen (secondary N) is 2. The van der Waals surface area contributed by atoms with E-state index in [4.69, 9.17) is 0 Å². The molecule has 0 spiro atoms. The number of aryl methyl sites for hydroxylation is 1. The van der Waals surface area contributed by atoms with Gasteiger partial charge in [-0.3, -0.25) is 9.59 Å². The lowest BCUT2D eigenvalue weighted by Crippen LogP contribution is -2.14. The largest absolute Gasteiger partial charge is 0.326 e. The van der Waals surface area contributed by atoms with Crippen LogP contribution in [0.4, 0.5) is 11.4 Å². The van der Waals surface area contributed by atoms with Gasteiger partial charge in [0.05, 0.1) is 10.7 Å². The summed E-state index contributed by atoms with van der Waals surface area (Å²) in [6.45, 7) is 2.00. The number of amides is 2. The minimum absolute atomic E-state index is 0.0738. The Labute approximate surface area is 178 Å². The van der Waals surface area contributed by atoms with E-state index in [9.17, 15) is 9.59 Å². The monoisotopic (exact) mass is 423 g/mol. The zero-order valence-corrected chi connectivity index (χ0v) is 17.6. The van der Waals surface area contributed by atoms with Gasteiger partial charge in [0.25, 0.3) is 5.91 Å². The van der Waals surface area contributed by atoms with Crippen molar-refractivity contribution >= 4 is 46.3 Å². The van der Waals surface area contributed by atoms with Crippen LogP contribution in [0, 0.1) is 12.8 Å². The van der Waals surface area contributed by atoms with Crippen LogP contribution in [0.15, 0.2) is 58.8 Å². The van der Waals surface area contributed by atoms with Gasteiger partial charge in [-0.2, -0.15) is 0 Å². The van der Waals surface area contributed by atoms with Crippen LogP contribution in [0.25, 0.3) is 0 Å². The molecule has 0 bridgehead atoms. The summed E-state index contributed by atoms with van der Waals surface area (Å²) >= 11 is 3.36. The summed E-state index contributed by atoms with van der Waals surface area (Å²) in [6, 6.07) is 14.7. The fourth-order valence-corrected chi connectivity index (χ4v) is 4.27. The van der Waals surface area contributed by atoms with Gasteiger partial charge < -0.3 is 10.6 Å². The van der Waals surface area contributed by atoms with Crippen LogP contribution in [-0.4, -0.2) is 16.8 Å². The van der Waals surface area contributed by atoms with Crippen LogP contribution in [0.1, 0.15) is 33.9 Å². The molecular weight excluding hydrogens is 402 g/mol.